The molecule has 2 aromatic carbocycles. The van der Waals surface area contributed by atoms with Crippen LogP contribution in [0.4, 0.5) is 5.69 Å². The van der Waals surface area contributed by atoms with E-state index in [1.807, 2.05) is 50.2 Å². The summed E-state index contributed by atoms with van der Waals surface area (Å²) in [7, 11) is -3.51. The van der Waals surface area contributed by atoms with Crippen LogP contribution in [0.3, 0.4) is 0 Å². The highest BCUT2D eigenvalue weighted by atomic mass is 32.2. The van der Waals surface area contributed by atoms with Crippen molar-refractivity contribution in [1.29, 1.82) is 0 Å². The zero-order valence-electron chi connectivity index (χ0n) is 12.7. The van der Waals surface area contributed by atoms with Crippen LogP contribution in [0.2, 0.25) is 0 Å². The molecule has 0 heterocycles. The summed E-state index contributed by atoms with van der Waals surface area (Å²) in [5, 5.41) is 0. The average Bonchev–Trinajstić information content (AvgIpc) is 2.48. The van der Waals surface area contributed by atoms with Gasteiger partial charge >= 0.3 is 0 Å². The first-order chi connectivity index (χ1) is 9.98. The maximum absolute atomic E-state index is 12.8. The lowest BCUT2D eigenvalue weighted by Crippen LogP contribution is -2.30. The van der Waals surface area contributed by atoms with E-state index in [0.717, 1.165) is 17.5 Å². The Morgan fingerprint density at radius 2 is 1.67 bits per heavy atom. The molecular weight excluding hydrogens is 282 g/mol. The lowest BCUT2D eigenvalue weighted by atomic mass is 10.2. The van der Waals surface area contributed by atoms with Gasteiger partial charge in [-0.1, -0.05) is 31.2 Å². The van der Waals surface area contributed by atoms with E-state index in [9.17, 15) is 8.42 Å². The number of rotatable bonds is 5. The van der Waals surface area contributed by atoms with E-state index in [1.54, 1.807) is 12.1 Å². The second-order valence-electron chi connectivity index (χ2n) is 5.01. The molecule has 0 saturated carbocycles. The molecule has 0 spiro atoms. The normalized spacial score (nSPS) is 11.4. The van der Waals surface area contributed by atoms with Crippen LogP contribution < -0.4 is 4.31 Å². The van der Waals surface area contributed by atoms with Crippen LogP contribution in [0.1, 0.15) is 25.0 Å². The fourth-order valence-electron chi connectivity index (χ4n) is 2.30. The maximum Gasteiger partial charge on any atom is 0.264 e. The maximum atomic E-state index is 12.8. The van der Waals surface area contributed by atoms with Crippen molar-refractivity contribution in [3.63, 3.8) is 0 Å². The third-order valence-electron chi connectivity index (χ3n) is 3.50. The minimum absolute atomic E-state index is 0.336. The Kier molecular flexibility index (Phi) is 4.68. The molecule has 0 atom stereocenters. The molecule has 2 aromatic rings. The molecule has 3 nitrogen and oxygen atoms in total. The summed E-state index contributed by atoms with van der Waals surface area (Å²) in [6.45, 7) is 6.26. The summed E-state index contributed by atoms with van der Waals surface area (Å²) >= 11 is 0. The van der Waals surface area contributed by atoms with Gasteiger partial charge in [0, 0.05) is 6.54 Å². The summed E-state index contributed by atoms with van der Waals surface area (Å²) < 4.78 is 27.0. The van der Waals surface area contributed by atoms with E-state index in [4.69, 9.17) is 0 Å². The monoisotopic (exact) mass is 303 g/mol. The fraction of sp³-hybridized carbons (Fsp3) is 0.294. The largest absolute Gasteiger partial charge is 0.267 e. The molecule has 0 radical (unpaired) electrons. The van der Waals surface area contributed by atoms with Crippen LogP contribution in [-0.4, -0.2) is 15.0 Å². The molecular formula is C17H21NO2S. The Balaban J connectivity index is 2.44. The van der Waals surface area contributed by atoms with Crippen LogP contribution in [0.15, 0.2) is 53.4 Å². The third kappa shape index (κ3) is 3.27. The van der Waals surface area contributed by atoms with Gasteiger partial charge < -0.3 is 0 Å². The van der Waals surface area contributed by atoms with Gasteiger partial charge in [0.2, 0.25) is 0 Å². The van der Waals surface area contributed by atoms with E-state index in [2.05, 4.69) is 6.92 Å². The lowest BCUT2D eigenvalue weighted by Gasteiger charge is -2.23. The number of sulfonamides is 1. The number of nitrogens with zero attached hydrogens (tertiary/aromatic N) is 1. The van der Waals surface area contributed by atoms with Gasteiger partial charge in [0.1, 0.15) is 0 Å². The Bertz CT molecular complexity index is 706. The van der Waals surface area contributed by atoms with Crippen LogP contribution in [0.25, 0.3) is 0 Å². The van der Waals surface area contributed by atoms with Crippen molar-refractivity contribution < 1.29 is 8.42 Å². The van der Waals surface area contributed by atoms with Crippen LogP contribution in [0.5, 0.6) is 0 Å². The van der Waals surface area contributed by atoms with Crippen molar-refractivity contribution in [2.24, 2.45) is 0 Å². The number of anilines is 1. The molecule has 0 saturated heterocycles. The van der Waals surface area contributed by atoms with Crippen molar-refractivity contribution in [3.05, 3.63) is 59.7 Å². The highest BCUT2D eigenvalue weighted by molar-refractivity contribution is 7.92. The third-order valence-corrected chi connectivity index (χ3v) is 5.41. The first kappa shape index (κ1) is 15.6. The van der Waals surface area contributed by atoms with Gasteiger partial charge in [-0.25, -0.2) is 8.42 Å². The summed E-state index contributed by atoms with van der Waals surface area (Å²) in [5.41, 5.74) is 2.88. The lowest BCUT2D eigenvalue weighted by molar-refractivity contribution is 0.592. The number of aryl methyl sites for hydroxylation is 2. The van der Waals surface area contributed by atoms with Crippen molar-refractivity contribution in [2.75, 3.05) is 10.8 Å². The quantitative estimate of drug-likeness (QED) is 0.843. The molecule has 0 N–H and O–H groups in total. The molecule has 0 aliphatic carbocycles. The molecule has 0 bridgehead atoms. The Hall–Kier alpha value is -1.81. The zero-order valence-corrected chi connectivity index (χ0v) is 13.5. The predicted octanol–water partition coefficient (Wildman–Crippen LogP) is 3.77. The molecule has 21 heavy (non-hydrogen) atoms. The van der Waals surface area contributed by atoms with Crippen molar-refractivity contribution >= 4 is 15.7 Å². The van der Waals surface area contributed by atoms with E-state index < -0.39 is 10.0 Å². The molecule has 2 rings (SSSR count). The number of hydrogen-bond donors (Lipinski definition) is 0. The molecule has 0 aromatic heterocycles. The van der Waals surface area contributed by atoms with Gasteiger partial charge in [0.15, 0.2) is 0 Å². The summed E-state index contributed by atoms with van der Waals surface area (Å²) in [5.74, 6) is 0. The molecule has 112 valence electrons. The summed E-state index contributed by atoms with van der Waals surface area (Å²) in [6, 6.07) is 14.7. The van der Waals surface area contributed by atoms with E-state index in [1.165, 1.54) is 4.31 Å². The Morgan fingerprint density at radius 3 is 2.19 bits per heavy atom. The van der Waals surface area contributed by atoms with Crippen LogP contribution in [0, 0.1) is 6.92 Å². The Labute approximate surface area is 127 Å². The van der Waals surface area contributed by atoms with Crippen LogP contribution >= 0.6 is 0 Å². The molecule has 0 aliphatic heterocycles. The average molecular weight is 303 g/mol. The molecule has 0 amide bonds. The Morgan fingerprint density at radius 1 is 1.00 bits per heavy atom. The molecule has 0 fully saturated rings. The number of hydrogen-bond acceptors (Lipinski definition) is 2. The highest BCUT2D eigenvalue weighted by Gasteiger charge is 2.23. The topological polar surface area (TPSA) is 37.4 Å². The van der Waals surface area contributed by atoms with Gasteiger partial charge in [-0.15, -0.1) is 0 Å². The summed E-state index contributed by atoms with van der Waals surface area (Å²) in [4.78, 5) is 0.336. The highest BCUT2D eigenvalue weighted by Crippen LogP contribution is 2.24. The van der Waals surface area contributed by atoms with Crippen molar-refractivity contribution in [2.45, 2.75) is 32.1 Å². The van der Waals surface area contributed by atoms with E-state index in [0.29, 0.717) is 17.1 Å². The van der Waals surface area contributed by atoms with Gasteiger partial charge in [-0.2, -0.15) is 0 Å². The first-order valence-electron chi connectivity index (χ1n) is 7.17. The van der Waals surface area contributed by atoms with Crippen molar-refractivity contribution in [3.8, 4) is 0 Å². The van der Waals surface area contributed by atoms with Crippen molar-refractivity contribution in [1.82, 2.24) is 0 Å². The summed E-state index contributed by atoms with van der Waals surface area (Å²) in [6.07, 6.45) is 0.899. The smallest absolute Gasteiger partial charge is 0.264 e. The second-order valence-corrected chi connectivity index (χ2v) is 6.87. The van der Waals surface area contributed by atoms with Gasteiger partial charge in [-0.3, -0.25) is 4.31 Å². The minimum atomic E-state index is -3.51. The standard InChI is InChI=1S/C17H21NO2S/c1-4-15-9-11-17(12-10-15)21(19,20)18(5-2)16-8-6-7-14(3)13-16/h6-13H,4-5H2,1-3H3. The molecule has 4 heteroatoms. The number of benzene rings is 2. The van der Waals surface area contributed by atoms with E-state index >= 15 is 0 Å². The van der Waals surface area contributed by atoms with E-state index in [-0.39, 0.29) is 0 Å². The van der Waals surface area contributed by atoms with Gasteiger partial charge in [0.25, 0.3) is 10.0 Å². The molecule has 0 unspecified atom stereocenters. The first-order valence-corrected chi connectivity index (χ1v) is 8.61. The minimum Gasteiger partial charge on any atom is -0.267 e. The van der Waals surface area contributed by atoms with Gasteiger partial charge in [0.05, 0.1) is 10.6 Å². The fourth-order valence-corrected chi connectivity index (χ4v) is 3.76. The van der Waals surface area contributed by atoms with Gasteiger partial charge in [-0.05, 0) is 55.7 Å². The van der Waals surface area contributed by atoms with Crippen LogP contribution in [-0.2, 0) is 16.4 Å². The molecule has 0 aliphatic rings. The second kappa shape index (κ2) is 6.31. The zero-order chi connectivity index (χ0) is 15.5. The predicted molar refractivity (Wildman–Crippen MR) is 87.2 cm³/mol. The SMILES string of the molecule is CCc1ccc(S(=O)(=O)N(CC)c2cccc(C)c2)cc1.